The molecule has 18 heavy (non-hydrogen) atoms. The molecule has 0 saturated carbocycles. The molecule has 1 aliphatic heterocycles. The number of halogens is 3. The van der Waals surface area contributed by atoms with E-state index in [1.54, 1.807) is 12.3 Å². The van der Waals surface area contributed by atoms with Crippen LogP contribution in [0.4, 0.5) is 0 Å². The van der Waals surface area contributed by atoms with E-state index in [0.717, 1.165) is 13.6 Å². The van der Waals surface area contributed by atoms with E-state index in [1.807, 2.05) is 6.07 Å². The number of rotatable bonds is 2. The molecular formula is C10H6BrClIN3OS. The van der Waals surface area contributed by atoms with Crippen molar-refractivity contribution in [2.24, 2.45) is 10.2 Å². The van der Waals surface area contributed by atoms with Gasteiger partial charge in [-0.1, -0.05) is 23.4 Å². The molecule has 8 heteroatoms. The van der Waals surface area contributed by atoms with Crippen LogP contribution in [-0.4, -0.2) is 23.0 Å². The molecular weight excluding hydrogens is 452 g/mol. The Kier molecular flexibility index (Phi) is 5.05. The first-order valence-corrected chi connectivity index (χ1v) is 7.98. The van der Waals surface area contributed by atoms with E-state index in [9.17, 15) is 4.79 Å². The molecule has 1 fully saturated rings. The first-order valence-electron chi connectivity index (χ1n) is 4.74. The van der Waals surface area contributed by atoms with Crippen molar-refractivity contribution in [3.8, 4) is 0 Å². The van der Waals surface area contributed by atoms with E-state index in [-0.39, 0.29) is 5.91 Å². The molecule has 0 aliphatic carbocycles. The molecule has 1 heterocycles. The molecule has 1 aliphatic rings. The molecule has 0 atom stereocenters. The Hall–Kier alpha value is -0.120. The van der Waals surface area contributed by atoms with Gasteiger partial charge in [0.2, 0.25) is 5.91 Å². The third kappa shape index (κ3) is 3.69. The predicted molar refractivity (Wildman–Crippen MR) is 87.5 cm³/mol. The van der Waals surface area contributed by atoms with Gasteiger partial charge in [0.1, 0.15) is 0 Å². The summed E-state index contributed by atoms with van der Waals surface area (Å²) in [4.78, 5) is 10.9. The Morgan fingerprint density at radius 1 is 1.56 bits per heavy atom. The molecule has 4 nitrogen and oxygen atoms in total. The highest BCUT2D eigenvalue weighted by molar-refractivity contribution is 14.1. The second-order valence-electron chi connectivity index (χ2n) is 3.28. The number of benzene rings is 1. The maximum Gasteiger partial charge on any atom is 0.236 e. The minimum Gasteiger partial charge on any atom is -0.303 e. The third-order valence-electron chi connectivity index (χ3n) is 1.95. The molecule has 1 aromatic rings. The molecule has 2 rings (SSSR count). The topological polar surface area (TPSA) is 53.8 Å². The van der Waals surface area contributed by atoms with Crippen LogP contribution in [0.25, 0.3) is 0 Å². The first kappa shape index (κ1) is 14.3. The van der Waals surface area contributed by atoms with Gasteiger partial charge in [0.25, 0.3) is 0 Å². The van der Waals surface area contributed by atoms with E-state index < -0.39 is 0 Å². The lowest BCUT2D eigenvalue weighted by Crippen LogP contribution is -2.19. The van der Waals surface area contributed by atoms with Crippen LogP contribution in [0, 0.1) is 3.57 Å². The lowest BCUT2D eigenvalue weighted by atomic mass is 10.2. The summed E-state index contributed by atoms with van der Waals surface area (Å²) in [6, 6.07) is 3.64. The minimum absolute atomic E-state index is 0.0487. The predicted octanol–water partition coefficient (Wildman–Crippen LogP) is 3.26. The highest BCUT2D eigenvalue weighted by Crippen LogP contribution is 2.26. The summed E-state index contributed by atoms with van der Waals surface area (Å²) in [6.45, 7) is 0. The van der Waals surface area contributed by atoms with Crippen LogP contribution >= 0.6 is 61.9 Å². The second-order valence-corrected chi connectivity index (χ2v) is 6.63. The van der Waals surface area contributed by atoms with Crippen LogP contribution < -0.4 is 5.32 Å². The maximum absolute atomic E-state index is 10.9. The van der Waals surface area contributed by atoms with Crippen molar-refractivity contribution in [1.82, 2.24) is 5.32 Å². The fourth-order valence-corrected chi connectivity index (χ4v) is 3.21. The second kappa shape index (κ2) is 6.36. The molecule has 0 bridgehead atoms. The van der Waals surface area contributed by atoms with Gasteiger partial charge >= 0.3 is 0 Å². The zero-order valence-corrected chi connectivity index (χ0v) is 14.1. The monoisotopic (exact) mass is 457 g/mol. The zero-order valence-electron chi connectivity index (χ0n) is 8.78. The molecule has 1 saturated heterocycles. The van der Waals surface area contributed by atoms with E-state index in [2.05, 4.69) is 54.0 Å². The van der Waals surface area contributed by atoms with Crippen LogP contribution in [0.5, 0.6) is 0 Å². The number of amidine groups is 1. The van der Waals surface area contributed by atoms with Gasteiger partial charge in [0.15, 0.2) is 5.17 Å². The van der Waals surface area contributed by atoms with Crippen molar-refractivity contribution in [3.05, 3.63) is 30.8 Å². The zero-order chi connectivity index (χ0) is 13.1. The largest absolute Gasteiger partial charge is 0.303 e. The number of hydrogen-bond acceptors (Lipinski definition) is 4. The van der Waals surface area contributed by atoms with Crippen molar-refractivity contribution in [2.75, 3.05) is 5.75 Å². The Bertz CT molecular complexity index is 564. The van der Waals surface area contributed by atoms with Crippen LogP contribution in [0.3, 0.4) is 0 Å². The molecule has 94 valence electrons. The molecule has 0 unspecified atom stereocenters. The number of thioether (sulfide) groups is 1. The van der Waals surface area contributed by atoms with Crippen LogP contribution in [0.2, 0.25) is 5.02 Å². The molecule has 1 aromatic carbocycles. The number of hydrogen-bond donors (Lipinski definition) is 1. The van der Waals surface area contributed by atoms with Crippen molar-refractivity contribution in [2.45, 2.75) is 0 Å². The van der Waals surface area contributed by atoms with E-state index in [1.165, 1.54) is 11.8 Å². The van der Waals surface area contributed by atoms with Gasteiger partial charge in [-0.25, -0.2) is 0 Å². The fourth-order valence-electron chi connectivity index (χ4n) is 1.19. The maximum atomic E-state index is 10.9. The Morgan fingerprint density at radius 2 is 2.33 bits per heavy atom. The summed E-state index contributed by atoms with van der Waals surface area (Å²) < 4.78 is 1.91. The summed E-state index contributed by atoms with van der Waals surface area (Å²) in [6.07, 6.45) is 1.59. The summed E-state index contributed by atoms with van der Waals surface area (Å²) >= 11 is 12.9. The van der Waals surface area contributed by atoms with E-state index in [0.29, 0.717) is 15.9 Å². The van der Waals surface area contributed by atoms with Crippen LogP contribution in [0.15, 0.2) is 26.8 Å². The number of carbonyl (C=O) groups is 1. The number of nitrogens with one attached hydrogen (secondary N) is 1. The molecule has 0 aromatic heterocycles. The molecule has 1 N–H and O–H groups in total. The number of nitrogens with zero attached hydrogens (tertiary/aromatic N) is 2. The highest BCUT2D eigenvalue weighted by atomic mass is 127. The Balaban J connectivity index is 2.17. The van der Waals surface area contributed by atoms with Gasteiger partial charge in [0.05, 0.1) is 12.0 Å². The van der Waals surface area contributed by atoms with Crippen molar-refractivity contribution >= 4 is 79.2 Å². The lowest BCUT2D eigenvalue weighted by molar-refractivity contribution is -0.116. The molecule has 0 radical (unpaired) electrons. The van der Waals surface area contributed by atoms with Gasteiger partial charge in [0, 0.05) is 18.6 Å². The quantitative estimate of drug-likeness (QED) is 0.320. The van der Waals surface area contributed by atoms with Gasteiger partial charge < -0.3 is 5.32 Å². The smallest absolute Gasteiger partial charge is 0.236 e. The van der Waals surface area contributed by atoms with E-state index >= 15 is 0 Å². The fraction of sp³-hybridized carbons (Fsp3) is 0.100. The van der Waals surface area contributed by atoms with Gasteiger partial charge in [-0.3, -0.25) is 4.79 Å². The van der Waals surface area contributed by atoms with Gasteiger partial charge in [-0.2, -0.15) is 5.10 Å². The molecule has 1 amide bonds. The standard InChI is InChI=1S/C10H6BrClIN3OS/c11-9-5(1-6(12)2-7(9)13)3-14-16-10-15-8(17)4-18-10/h1-3H,4H2,(H,15,16,17). The molecule has 0 spiro atoms. The summed E-state index contributed by atoms with van der Waals surface area (Å²) in [5.74, 6) is 0.347. The highest BCUT2D eigenvalue weighted by Gasteiger charge is 2.15. The summed E-state index contributed by atoms with van der Waals surface area (Å²) in [5, 5.41) is 11.6. The first-order chi connectivity index (χ1) is 8.56. The van der Waals surface area contributed by atoms with Crippen molar-refractivity contribution in [1.29, 1.82) is 0 Å². The van der Waals surface area contributed by atoms with Gasteiger partial charge in [-0.05, 0) is 50.7 Å². The Morgan fingerprint density at radius 3 is 3.00 bits per heavy atom. The van der Waals surface area contributed by atoms with Crippen molar-refractivity contribution in [3.63, 3.8) is 0 Å². The van der Waals surface area contributed by atoms with Crippen LogP contribution in [-0.2, 0) is 4.79 Å². The van der Waals surface area contributed by atoms with Gasteiger partial charge in [-0.15, -0.1) is 5.10 Å². The Labute approximate surface area is 135 Å². The number of carbonyl (C=O) groups excluding carboxylic acids is 1. The average molecular weight is 459 g/mol. The SMILES string of the molecule is O=C1CSC(=NN=Cc2cc(Cl)cc(I)c2Br)N1. The van der Waals surface area contributed by atoms with Crippen molar-refractivity contribution < 1.29 is 4.79 Å². The lowest BCUT2D eigenvalue weighted by Gasteiger charge is -2.01. The van der Waals surface area contributed by atoms with Crippen LogP contribution in [0.1, 0.15) is 5.56 Å². The minimum atomic E-state index is -0.0487. The van der Waals surface area contributed by atoms with E-state index in [4.69, 9.17) is 11.6 Å². The normalized spacial score (nSPS) is 17.7. The number of amides is 1. The average Bonchev–Trinajstić information content (AvgIpc) is 2.71. The summed E-state index contributed by atoms with van der Waals surface area (Å²) in [7, 11) is 0. The third-order valence-corrected chi connectivity index (χ3v) is 5.51. The summed E-state index contributed by atoms with van der Waals surface area (Å²) in [5.41, 5.74) is 0.838.